The molecule has 0 aliphatic heterocycles. The van der Waals surface area contributed by atoms with Gasteiger partial charge in [-0.3, -0.25) is 9.69 Å². The third-order valence-electron chi connectivity index (χ3n) is 5.74. The summed E-state index contributed by atoms with van der Waals surface area (Å²) in [5.74, 6) is -2.17. The van der Waals surface area contributed by atoms with Crippen LogP contribution in [-0.4, -0.2) is 53.4 Å². The van der Waals surface area contributed by atoms with Crippen LogP contribution in [-0.2, 0) is 13.1 Å². The fourth-order valence-electron chi connectivity index (χ4n) is 3.92. The molecule has 0 saturated carbocycles. The lowest BCUT2D eigenvalue weighted by Gasteiger charge is -2.20. The van der Waals surface area contributed by atoms with Crippen molar-refractivity contribution in [2.45, 2.75) is 13.1 Å². The number of anilines is 2. The fourth-order valence-corrected chi connectivity index (χ4v) is 5.35. The van der Waals surface area contributed by atoms with Crippen LogP contribution in [0.3, 0.4) is 0 Å². The van der Waals surface area contributed by atoms with Gasteiger partial charge in [-0.15, -0.1) is 21.5 Å². The minimum atomic E-state index is -1.50. The van der Waals surface area contributed by atoms with Gasteiger partial charge in [-0.2, -0.15) is 0 Å². The summed E-state index contributed by atoms with van der Waals surface area (Å²) in [5, 5.41) is 21.1. The van der Waals surface area contributed by atoms with Crippen molar-refractivity contribution in [3.05, 3.63) is 87.9 Å². The van der Waals surface area contributed by atoms with Crippen molar-refractivity contribution in [2.75, 3.05) is 31.4 Å². The molecule has 0 radical (unpaired) electrons. The maximum Gasteiger partial charge on any atom is 0.412 e. The molecule has 13 heteroatoms. The molecule has 2 N–H and O–H groups in total. The highest BCUT2D eigenvalue weighted by molar-refractivity contribution is 7.20. The standard InChI is InChI=1S/C27H24ClF2N5O4S/c1-34(2)13-18-23(25(36)31-21-11-12-22(39-3)33-32-21)26(40-24(18)15-7-9-16(28)10-8-15)35(27(37)38)14-17-19(29)5-4-6-20(17)30/h4-12H,13-14H2,1-3H3,(H,37,38)(H,31,32,36). The van der Waals surface area contributed by atoms with Crippen molar-refractivity contribution in [1.29, 1.82) is 0 Å². The summed E-state index contributed by atoms with van der Waals surface area (Å²) < 4.78 is 34.2. The number of nitrogens with zero attached hydrogens (tertiary/aromatic N) is 4. The molecule has 0 fully saturated rings. The molecule has 2 heterocycles. The van der Waals surface area contributed by atoms with Crippen LogP contribution in [0.25, 0.3) is 10.4 Å². The van der Waals surface area contributed by atoms with Gasteiger partial charge in [-0.25, -0.2) is 13.6 Å². The first kappa shape index (κ1) is 28.9. The van der Waals surface area contributed by atoms with Crippen molar-refractivity contribution >= 4 is 45.8 Å². The van der Waals surface area contributed by atoms with Gasteiger partial charge in [0.15, 0.2) is 5.82 Å². The van der Waals surface area contributed by atoms with E-state index in [1.807, 2.05) is 4.90 Å². The quantitative estimate of drug-likeness (QED) is 0.242. The molecule has 208 valence electrons. The van der Waals surface area contributed by atoms with Crippen molar-refractivity contribution in [3.8, 4) is 16.3 Å². The SMILES string of the molecule is COc1ccc(NC(=O)c2c(N(Cc3c(F)cccc3F)C(=O)O)sc(-c3ccc(Cl)cc3)c2CN(C)C)nn1. The summed E-state index contributed by atoms with van der Waals surface area (Å²) in [6.45, 7) is -0.425. The van der Waals surface area contributed by atoms with Gasteiger partial charge in [0.1, 0.15) is 16.6 Å². The van der Waals surface area contributed by atoms with Gasteiger partial charge in [-0.05, 0) is 55.6 Å². The number of rotatable bonds is 9. The fraction of sp³-hybridized carbons (Fsp3) is 0.185. The van der Waals surface area contributed by atoms with Crippen LogP contribution >= 0.6 is 22.9 Å². The molecule has 4 aromatic rings. The first-order valence-corrected chi connectivity index (χ1v) is 13.0. The van der Waals surface area contributed by atoms with Gasteiger partial charge >= 0.3 is 6.09 Å². The Morgan fingerprint density at radius 3 is 2.23 bits per heavy atom. The number of methoxy groups -OCH3 is 1. The molecule has 0 atom stereocenters. The lowest BCUT2D eigenvalue weighted by molar-refractivity contribution is 0.102. The number of benzene rings is 2. The Labute approximate surface area is 237 Å². The number of hydrogen-bond acceptors (Lipinski definition) is 7. The van der Waals surface area contributed by atoms with Crippen LogP contribution in [0.5, 0.6) is 5.88 Å². The number of hydrogen-bond donors (Lipinski definition) is 2. The number of carbonyl (C=O) groups excluding carboxylic acids is 1. The number of halogens is 3. The molecule has 2 aromatic carbocycles. The van der Waals surface area contributed by atoms with Crippen molar-refractivity contribution < 1.29 is 28.2 Å². The highest BCUT2D eigenvalue weighted by Crippen LogP contribution is 2.44. The van der Waals surface area contributed by atoms with Gasteiger partial charge in [0, 0.05) is 28.1 Å². The zero-order valence-corrected chi connectivity index (χ0v) is 23.2. The summed E-state index contributed by atoms with van der Waals surface area (Å²) >= 11 is 7.10. The van der Waals surface area contributed by atoms with Crippen LogP contribution in [0.1, 0.15) is 21.5 Å². The monoisotopic (exact) mass is 587 g/mol. The molecule has 0 aliphatic rings. The predicted molar refractivity (Wildman–Crippen MR) is 149 cm³/mol. The summed E-state index contributed by atoms with van der Waals surface area (Å²) in [6, 6.07) is 13.1. The van der Waals surface area contributed by atoms with Gasteiger partial charge in [0.25, 0.3) is 5.91 Å². The summed E-state index contributed by atoms with van der Waals surface area (Å²) in [4.78, 5) is 29.5. The molecule has 4 rings (SSSR count). The maximum atomic E-state index is 14.6. The Morgan fingerprint density at radius 1 is 1.00 bits per heavy atom. The van der Waals surface area contributed by atoms with E-state index in [4.69, 9.17) is 16.3 Å². The topological polar surface area (TPSA) is 108 Å². The van der Waals surface area contributed by atoms with Gasteiger partial charge < -0.3 is 20.1 Å². The third kappa shape index (κ3) is 6.36. The van der Waals surface area contributed by atoms with Crippen LogP contribution in [0.4, 0.5) is 24.4 Å². The maximum absolute atomic E-state index is 14.6. The highest BCUT2D eigenvalue weighted by atomic mass is 35.5. The second-order valence-electron chi connectivity index (χ2n) is 8.82. The van der Waals surface area contributed by atoms with E-state index in [9.17, 15) is 23.5 Å². The van der Waals surface area contributed by atoms with Crippen molar-refractivity contribution in [1.82, 2.24) is 15.1 Å². The van der Waals surface area contributed by atoms with Gasteiger partial charge in [0.05, 0.1) is 19.2 Å². The molecule has 0 saturated heterocycles. The Hall–Kier alpha value is -4.13. The van der Waals surface area contributed by atoms with Crippen molar-refractivity contribution in [3.63, 3.8) is 0 Å². The Balaban J connectivity index is 1.91. The second-order valence-corrected chi connectivity index (χ2v) is 10.3. The zero-order valence-electron chi connectivity index (χ0n) is 21.6. The Morgan fingerprint density at radius 2 is 1.68 bits per heavy atom. The first-order valence-electron chi connectivity index (χ1n) is 11.8. The number of carboxylic acid groups (broad SMARTS) is 1. The summed E-state index contributed by atoms with van der Waals surface area (Å²) in [7, 11) is 5.01. The normalized spacial score (nSPS) is 11.0. The van der Waals surface area contributed by atoms with Crippen LogP contribution in [0.2, 0.25) is 5.02 Å². The molecule has 0 spiro atoms. The molecule has 2 aromatic heterocycles. The van der Waals surface area contributed by atoms with Gasteiger partial charge in [-0.1, -0.05) is 29.8 Å². The van der Waals surface area contributed by atoms with Crippen LogP contribution in [0, 0.1) is 11.6 Å². The van der Waals surface area contributed by atoms with E-state index in [2.05, 4.69) is 15.5 Å². The van der Waals surface area contributed by atoms with E-state index in [1.165, 1.54) is 25.3 Å². The van der Waals surface area contributed by atoms with Crippen molar-refractivity contribution in [2.24, 2.45) is 0 Å². The summed E-state index contributed by atoms with van der Waals surface area (Å²) in [5.41, 5.74) is 0.748. The largest absolute Gasteiger partial charge is 0.480 e. The second kappa shape index (κ2) is 12.4. The molecular weight excluding hydrogens is 564 g/mol. The van der Waals surface area contributed by atoms with E-state index in [-0.39, 0.29) is 28.8 Å². The third-order valence-corrected chi connectivity index (χ3v) is 7.30. The zero-order chi connectivity index (χ0) is 29.0. The number of ether oxygens (including phenoxy) is 1. The highest BCUT2D eigenvalue weighted by Gasteiger charge is 2.32. The minimum Gasteiger partial charge on any atom is -0.480 e. The molecule has 9 nitrogen and oxygen atoms in total. The molecule has 40 heavy (non-hydrogen) atoms. The predicted octanol–water partition coefficient (Wildman–Crippen LogP) is 6.14. The molecular formula is C27H24ClF2N5O4S. The Bertz CT molecular complexity index is 1510. The Kier molecular flexibility index (Phi) is 8.93. The number of carbonyl (C=O) groups is 2. The molecule has 0 unspecified atom stereocenters. The molecule has 0 aliphatic carbocycles. The molecule has 2 amide bonds. The first-order chi connectivity index (χ1) is 19.1. The number of aromatic nitrogens is 2. The van der Waals surface area contributed by atoms with E-state index in [1.54, 1.807) is 38.4 Å². The number of nitrogens with one attached hydrogen (secondary N) is 1. The van der Waals surface area contributed by atoms with Crippen LogP contribution < -0.4 is 15.0 Å². The minimum absolute atomic E-state index is 0.0143. The number of thiophene rings is 1. The van der Waals surface area contributed by atoms with E-state index >= 15 is 0 Å². The summed E-state index contributed by atoms with van der Waals surface area (Å²) in [6.07, 6.45) is -1.50. The lowest BCUT2D eigenvalue weighted by atomic mass is 10.0. The smallest absolute Gasteiger partial charge is 0.412 e. The van der Waals surface area contributed by atoms with E-state index < -0.39 is 35.7 Å². The number of amides is 2. The van der Waals surface area contributed by atoms with Crippen LogP contribution in [0.15, 0.2) is 54.6 Å². The van der Waals surface area contributed by atoms with E-state index in [0.717, 1.165) is 28.4 Å². The average Bonchev–Trinajstić information content (AvgIpc) is 3.27. The lowest BCUT2D eigenvalue weighted by Crippen LogP contribution is -2.31. The van der Waals surface area contributed by atoms with E-state index in [0.29, 0.717) is 21.0 Å². The van der Waals surface area contributed by atoms with Gasteiger partial charge in [0.2, 0.25) is 5.88 Å². The average molecular weight is 588 g/mol. The molecule has 0 bridgehead atoms.